The molecule has 6 nitrogen and oxygen atoms in total. The van der Waals surface area contributed by atoms with Crippen LogP contribution in [0.1, 0.15) is 23.2 Å². The molecule has 18 heavy (non-hydrogen) atoms. The fourth-order valence-electron chi connectivity index (χ4n) is 2.13. The van der Waals surface area contributed by atoms with Crippen molar-refractivity contribution in [3.63, 3.8) is 0 Å². The normalized spacial score (nSPS) is 16.6. The summed E-state index contributed by atoms with van der Waals surface area (Å²) in [6.45, 7) is 1.00. The predicted molar refractivity (Wildman–Crippen MR) is 63.2 cm³/mol. The summed E-state index contributed by atoms with van der Waals surface area (Å²) in [6.07, 6.45) is 3.76. The predicted octanol–water partition coefficient (Wildman–Crippen LogP) is -0.343. The molecule has 1 aromatic rings. The number of likely N-dealkylation sites (tertiary alicyclic amines) is 1. The SMILES string of the molecule is NC(=O)C1CCN(C(=O)c2ccc[n+]([O-])c2)CC1. The smallest absolute Gasteiger partial charge is 0.259 e. The molecule has 2 amide bonds. The van der Waals surface area contributed by atoms with Crippen LogP contribution in [0.15, 0.2) is 24.5 Å². The fourth-order valence-corrected chi connectivity index (χ4v) is 2.13. The van der Waals surface area contributed by atoms with Gasteiger partial charge < -0.3 is 15.8 Å². The van der Waals surface area contributed by atoms with Crippen molar-refractivity contribution in [1.82, 2.24) is 4.90 Å². The Labute approximate surface area is 105 Å². The fraction of sp³-hybridized carbons (Fsp3) is 0.417. The van der Waals surface area contributed by atoms with E-state index in [1.807, 2.05) is 0 Å². The lowest BCUT2D eigenvalue weighted by Gasteiger charge is -2.30. The van der Waals surface area contributed by atoms with Crippen molar-refractivity contribution in [3.8, 4) is 0 Å². The zero-order valence-electron chi connectivity index (χ0n) is 9.91. The Morgan fingerprint density at radius 2 is 2.06 bits per heavy atom. The van der Waals surface area contributed by atoms with Gasteiger partial charge in [-0.15, -0.1) is 0 Å². The number of primary amides is 1. The average molecular weight is 249 g/mol. The summed E-state index contributed by atoms with van der Waals surface area (Å²) in [6, 6.07) is 3.15. The van der Waals surface area contributed by atoms with E-state index < -0.39 is 0 Å². The van der Waals surface area contributed by atoms with Crippen LogP contribution in [0.4, 0.5) is 0 Å². The summed E-state index contributed by atoms with van der Waals surface area (Å²) in [5, 5.41) is 11.1. The maximum Gasteiger partial charge on any atom is 0.259 e. The lowest BCUT2D eigenvalue weighted by Crippen LogP contribution is -2.42. The van der Waals surface area contributed by atoms with Crippen LogP contribution in [-0.2, 0) is 4.79 Å². The number of rotatable bonds is 2. The van der Waals surface area contributed by atoms with E-state index >= 15 is 0 Å². The third-order valence-corrected chi connectivity index (χ3v) is 3.21. The monoisotopic (exact) mass is 249 g/mol. The van der Waals surface area contributed by atoms with Crippen molar-refractivity contribution < 1.29 is 14.3 Å². The number of hydrogen-bond acceptors (Lipinski definition) is 3. The van der Waals surface area contributed by atoms with Gasteiger partial charge in [0.05, 0.1) is 0 Å². The van der Waals surface area contributed by atoms with Gasteiger partial charge in [0.1, 0.15) is 5.56 Å². The number of nitrogens with zero attached hydrogens (tertiary/aromatic N) is 2. The van der Waals surface area contributed by atoms with Gasteiger partial charge in [0.2, 0.25) is 5.91 Å². The zero-order valence-corrected chi connectivity index (χ0v) is 9.91. The molecular formula is C12H15N3O3. The number of carbonyl (C=O) groups excluding carboxylic acids is 2. The maximum atomic E-state index is 12.1. The molecule has 0 aliphatic carbocycles. The summed E-state index contributed by atoms with van der Waals surface area (Å²) >= 11 is 0. The number of pyridine rings is 1. The Morgan fingerprint density at radius 3 is 2.61 bits per heavy atom. The van der Waals surface area contributed by atoms with E-state index in [2.05, 4.69) is 0 Å². The van der Waals surface area contributed by atoms with Crippen LogP contribution < -0.4 is 10.5 Å². The number of hydrogen-bond donors (Lipinski definition) is 1. The largest absolute Gasteiger partial charge is 0.619 e. The van der Waals surface area contributed by atoms with Crippen molar-refractivity contribution in [2.75, 3.05) is 13.1 Å². The molecule has 1 aromatic heterocycles. The summed E-state index contributed by atoms with van der Waals surface area (Å²) in [7, 11) is 0. The van der Waals surface area contributed by atoms with Crippen molar-refractivity contribution >= 4 is 11.8 Å². The van der Waals surface area contributed by atoms with Gasteiger partial charge in [0.25, 0.3) is 5.91 Å². The van der Waals surface area contributed by atoms with E-state index in [0.29, 0.717) is 36.2 Å². The first-order chi connectivity index (χ1) is 8.58. The molecule has 6 heteroatoms. The molecule has 0 aromatic carbocycles. The molecule has 2 rings (SSSR count). The third-order valence-electron chi connectivity index (χ3n) is 3.21. The van der Waals surface area contributed by atoms with Gasteiger partial charge in [-0.25, -0.2) is 0 Å². The summed E-state index contributed by atoms with van der Waals surface area (Å²) < 4.78 is 0.601. The third kappa shape index (κ3) is 2.58. The molecule has 1 aliphatic rings. The summed E-state index contributed by atoms with van der Waals surface area (Å²) in [5.74, 6) is -0.628. The molecule has 1 aliphatic heterocycles. The Hall–Kier alpha value is -2.11. The highest BCUT2D eigenvalue weighted by Crippen LogP contribution is 2.18. The van der Waals surface area contributed by atoms with Gasteiger partial charge in [0, 0.05) is 25.1 Å². The van der Waals surface area contributed by atoms with Crippen molar-refractivity contribution in [1.29, 1.82) is 0 Å². The molecule has 1 saturated heterocycles. The second-order valence-corrected chi connectivity index (χ2v) is 4.42. The molecule has 0 spiro atoms. The Kier molecular flexibility index (Phi) is 3.45. The molecule has 2 heterocycles. The average Bonchev–Trinajstić information content (AvgIpc) is 2.38. The quantitative estimate of drug-likeness (QED) is 0.574. The van der Waals surface area contributed by atoms with E-state index in [9.17, 15) is 14.8 Å². The van der Waals surface area contributed by atoms with E-state index in [0.717, 1.165) is 0 Å². The Balaban J connectivity index is 2.02. The standard InChI is InChI=1S/C12H15N3O3/c13-11(16)9-3-6-14(7-4-9)12(17)10-2-1-5-15(18)8-10/h1-2,5,8-9H,3-4,6-7H2,(H2,13,16). The van der Waals surface area contributed by atoms with E-state index in [-0.39, 0.29) is 17.7 Å². The molecule has 0 radical (unpaired) electrons. The van der Waals surface area contributed by atoms with Gasteiger partial charge in [-0.2, -0.15) is 4.73 Å². The van der Waals surface area contributed by atoms with Gasteiger partial charge in [0.15, 0.2) is 12.4 Å². The second-order valence-electron chi connectivity index (χ2n) is 4.42. The van der Waals surface area contributed by atoms with Crippen molar-refractivity contribution in [3.05, 3.63) is 35.3 Å². The minimum atomic E-state index is -0.306. The molecule has 1 fully saturated rings. The number of aromatic nitrogens is 1. The molecular weight excluding hydrogens is 234 g/mol. The topological polar surface area (TPSA) is 90.3 Å². The molecule has 0 bridgehead atoms. The van der Waals surface area contributed by atoms with Crippen molar-refractivity contribution in [2.45, 2.75) is 12.8 Å². The minimum Gasteiger partial charge on any atom is -0.619 e. The zero-order chi connectivity index (χ0) is 13.1. The Bertz CT molecular complexity index is 467. The molecule has 96 valence electrons. The second kappa shape index (κ2) is 5.03. The molecule has 0 saturated carbocycles. The highest BCUT2D eigenvalue weighted by Gasteiger charge is 2.27. The highest BCUT2D eigenvalue weighted by atomic mass is 16.5. The first-order valence-electron chi connectivity index (χ1n) is 5.85. The van der Waals surface area contributed by atoms with Crippen LogP contribution in [0.2, 0.25) is 0 Å². The van der Waals surface area contributed by atoms with Crippen LogP contribution in [0.25, 0.3) is 0 Å². The number of piperidine rings is 1. The Morgan fingerprint density at radius 1 is 1.39 bits per heavy atom. The van der Waals surface area contributed by atoms with Crippen LogP contribution in [-0.4, -0.2) is 29.8 Å². The van der Waals surface area contributed by atoms with E-state index in [1.165, 1.54) is 18.5 Å². The van der Waals surface area contributed by atoms with Crippen LogP contribution in [0, 0.1) is 11.1 Å². The first kappa shape index (κ1) is 12.3. The number of nitrogens with two attached hydrogens (primary N) is 1. The van der Waals surface area contributed by atoms with Crippen molar-refractivity contribution in [2.24, 2.45) is 11.7 Å². The van der Waals surface area contributed by atoms with Gasteiger partial charge in [-0.3, -0.25) is 9.59 Å². The van der Waals surface area contributed by atoms with E-state index in [4.69, 9.17) is 5.73 Å². The lowest BCUT2D eigenvalue weighted by molar-refractivity contribution is -0.605. The van der Waals surface area contributed by atoms with Gasteiger partial charge in [-0.1, -0.05) is 0 Å². The van der Waals surface area contributed by atoms with E-state index in [1.54, 1.807) is 11.0 Å². The van der Waals surface area contributed by atoms with Gasteiger partial charge in [-0.05, 0) is 18.9 Å². The first-order valence-corrected chi connectivity index (χ1v) is 5.85. The summed E-state index contributed by atoms with van der Waals surface area (Å²) in [5.41, 5.74) is 5.60. The van der Waals surface area contributed by atoms with Crippen LogP contribution in [0.5, 0.6) is 0 Å². The van der Waals surface area contributed by atoms with Crippen LogP contribution >= 0.6 is 0 Å². The molecule has 0 atom stereocenters. The van der Waals surface area contributed by atoms with Crippen LogP contribution in [0.3, 0.4) is 0 Å². The number of amides is 2. The summed E-state index contributed by atoms with van der Waals surface area (Å²) in [4.78, 5) is 24.8. The molecule has 0 unspecified atom stereocenters. The number of carbonyl (C=O) groups is 2. The molecule has 2 N–H and O–H groups in total. The highest BCUT2D eigenvalue weighted by molar-refractivity contribution is 5.93. The minimum absolute atomic E-state index is 0.144. The maximum absolute atomic E-state index is 12.1. The lowest BCUT2D eigenvalue weighted by atomic mass is 9.96. The van der Waals surface area contributed by atoms with Gasteiger partial charge >= 0.3 is 0 Å².